The van der Waals surface area contributed by atoms with Gasteiger partial charge in [-0.3, -0.25) is 0 Å². The number of halogens is 1. The molecule has 0 unspecified atom stereocenters. The molecule has 0 amide bonds. The summed E-state index contributed by atoms with van der Waals surface area (Å²) in [5.74, 6) is 1.31. The van der Waals surface area contributed by atoms with Gasteiger partial charge in [0.25, 0.3) is 0 Å². The summed E-state index contributed by atoms with van der Waals surface area (Å²) in [5.41, 5.74) is 6.54. The highest BCUT2D eigenvalue weighted by molar-refractivity contribution is 7.98. The van der Waals surface area contributed by atoms with Crippen LogP contribution in [0.4, 0.5) is 0 Å². The SMILES string of the molecule is CC(C)c1nc2sc3c(SCc4ccc(Cl)cc4)ncnc3c2c2c1CCC2. The lowest BCUT2D eigenvalue weighted by molar-refractivity contribution is 0.805. The fourth-order valence-corrected chi connectivity index (χ4v) is 6.34. The van der Waals surface area contributed by atoms with Gasteiger partial charge in [-0.05, 0) is 54.0 Å². The van der Waals surface area contributed by atoms with E-state index in [4.69, 9.17) is 16.6 Å². The summed E-state index contributed by atoms with van der Waals surface area (Å²) in [4.78, 5) is 15.5. The molecule has 1 aromatic carbocycles. The maximum Gasteiger partial charge on any atom is 0.126 e. The molecule has 142 valence electrons. The van der Waals surface area contributed by atoms with E-state index < -0.39 is 0 Å². The molecular formula is C22H20ClN3S2. The van der Waals surface area contributed by atoms with Crippen molar-refractivity contribution in [3.05, 3.63) is 58.0 Å². The molecule has 0 fully saturated rings. The third-order valence-corrected chi connectivity index (χ3v) is 7.83. The van der Waals surface area contributed by atoms with Gasteiger partial charge in [-0.15, -0.1) is 23.1 Å². The van der Waals surface area contributed by atoms with Crippen molar-refractivity contribution in [3.8, 4) is 0 Å². The number of thioether (sulfide) groups is 1. The number of thiophene rings is 1. The van der Waals surface area contributed by atoms with Crippen molar-refractivity contribution in [1.29, 1.82) is 0 Å². The fourth-order valence-electron chi connectivity index (χ4n) is 4.02. The maximum absolute atomic E-state index is 6.00. The lowest BCUT2D eigenvalue weighted by Gasteiger charge is -2.11. The van der Waals surface area contributed by atoms with E-state index in [0.29, 0.717) is 5.92 Å². The van der Waals surface area contributed by atoms with Gasteiger partial charge in [0.15, 0.2) is 0 Å². The van der Waals surface area contributed by atoms with Gasteiger partial charge in [-0.25, -0.2) is 15.0 Å². The molecule has 0 N–H and O–H groups in total. The zero-order valence-corrected chi connectivity index (χ0v) is 18.2. The van der Waals surface area contributed by atoms with Gasteiger partial charge >= 0.3 is 0 Å². The second-order valence-corrected chi connectivity index (χ2v) is 9.92. The maximum atomic E-state index is 6.00. The number of aromatic nitrogens is 3. The number of benzene rings is 1. The Morgan fingerprint density at radius 2 is 1.89 bits per heavy atom. The number of pyridine rings is 1. The van der Waals surface area contributed by atoms with Gasteiger partial charge in [0.1, 0.15) is 16.2 Å². The molecule has 6 heteroatoms. The number of aryl methyl sites for hydroxylation is 1. The zero-order chi connectivity index (χ0) is 19.3. The summed E-state index contributed by atoms with van der Waals surface area (Å²) in [6, 6.07) is 8.02. The quantitative estimate of drug-likeness (QED) is 0.266. The smallest absolute Gasteiger partial charge is 0.126 e. The normalized spacial score (nSPS) is 13.7. The van der Waals surface area contributed by atoms with Gasteiger partial charge in [0, 0.05) is 21.9 Å². The van der Waals surface area contributed by atoms with Crippen LogP contribution in [0, 0.1) is 0 Å². The van der Waals surface area contributed by atoms with Crippen LogP contribution in [0.5, 0.6) is 0 Å². The van der Waals surface area contributed by atoms with E-state index in [1.165, 1.54) is 38.9 Å². The minimum Gasteiger partial charge on any atom is -0.241 e. The van der Waals surface area contributed by atoms with Crippen molar-refractivity contribution in [2.45, 2.75) is 49.8 Å². The van der Waals surface area contributed by atoms with Crippen LogP contribution >= 0.6 is 34.7 Å². The first kappa shape index (κ1) is 18.3. The molecule has 28 heavy (non-hydrogen) atoms. The van der Waals surface area contributed by atoms with Crippen molar-refractivity contribution < 1.29 is 0 Å². The summed E-state index contributed by atoms with van der Waals surface area (Å²) in [6.45, 7) is 4.49. The zero-order valence-electron chi connectivity index (χ0n) is 15.8. The topological polar surface area (TPSA) is 38.7 Å². The number of fused-ring (bicyclic) bond motifs is 5. The number of hydrogen-bond donors (Lipinski definition) is 0. The Hall–Kier alpha value is -1.69. The summed E-state index contributed by atoms with van der Waals surface area (Å²) >= 11 is 9.50. The van der Waals surface area contributed by atoms with Crippen molar-refractivity contribution >= 4 is 55.1 Å². The molecule has 1 aliphatic rings. The fraction of sp³-hybridized carbons (Fsp3) is 0.318. The first-order valence-corrected chi connectivity index (χ1v) is 11.8. The van der Waals surface area contributed by atoms with Crippen LogP contribution < -0.4 is 0 Å². The molecule has 0 atom stereocenters. The molecule has 0 saturated carbocycles. The number of nitrogens with zero attached hydrogens (tertiary/aromatic N) is 3. The molecule has 0 spiro atoms. The van der Waals surface area contributed by atoms with Crippen molar-refractivity contribution in [2.75, 3.05) is 0 Å². The van der Waals surface area contributed by atoms with Gasteiger partial charge < -0.3 is 0 Å². The molecule has 0 aliphatic heterocycles. The summed E-state index contributed by atoms with van der Waals surface area (Å²) in [6.07, 6.45) is 5.20. The predicted molar refractivity (Wildman–Crippen MR) is 120 cm³/mol. The Balaban J connectivity index is 1.61. The van der Waals surface area contributed by atoms with E-state index in [-0.39, 0.29) is 0 Å². The van der Waals surface area contributed by atoms with Crippen LogP contribution in [-0.4, -0.2) is 15.0 Å². The third-order valence-electron chi connectivity index (χ3n) is 5.31. The molecule has 4 aromatic rings. The predicted octanol–water partition coefficient (Wildman–Crippen LogP) is 6.80. The standard InChI is InChI=1S/C22H20ClN3S2/c1-12(2)18-16-5-3-4-15(16)17-19-20(28-21(17)26-18)22(25-11-24-19)27-10-13-6-8-14(23)9-7-13/h6-9,11-12H,3-5,10H2,1-2H3. The minimum atomic E-state index is 0.450. The van der Waals surface area contributed by atoms with E-state index in [2.05, 4.69) is 35.9 Å². The third kappa shape index (κ3) is 3.10. The van der Waals surface area contributed by atoms with E-state index in [9.17, 15) is 0 Å². The van der Waals surface area contributed by atoms with E-state index in [1.807, 2.05) is 12.1 Å². The summed E-state index contributed by atoms with van der Waals surface area (Å²) < 4.78 is 1.17. The van der Waals surface area contributed by atoms with Crippen LogP contribution in [0.3, 0.4) is 0 Å². The van der Waals surface area contributed by atoms with Crippen molar-refractivity contribution in [2.24, 2.45) is 0 Å². The molecule has 3 aromatic heterocycles. The average Bonchev–Trinajstić information content (AvgIpc) is 3.31. The highest BCUT2D eigenvalue weighted by Gasteiger charge is 2.25. The molecule has 0 radical (unpaired) electrons. The molecule has 5 rings (SSSR count). The molecular weight excluding hydrogens is 406 g/mol. The Morgan fingerprint density at radius 1 is 1.11 bits per heavy atom. The number of rotatable bonds is 4. The Morgan fingerprint density at radius 3 is 2.68 bits per heavy atom. The van der Waals surface area contributed by atoms with Crippen LogP contribution in [-0.2, 0) is 18.6 Å². The summed E-state index contributed by atoms with van der Waals surface area (Å²) in [5, 5.41) is 3.08. The van der Waals surface area contributed by atoms with Crippen molar-refractivity contribution in [3.63, 3.8) is 0 Å². The second kappa shape index (κ2) is 7.29. The minimum absolute atomic E-state index is 0.450. The lowest BCUT2D eigenvalue weighted by Crippen LogP contribution is -2.00. The largest absolute Gasteiger partial charge is 0.241 e. The van der Waals surface area contributed by atoms with Gasteiger partial charge in [-0.2, -0.15) is 0 Å². The average molecular weight is 426 g/mol. The Bertz CT molecular complexity index is 1180. The first-order valence-electron chi connectivity index (χ1n) is 9.58. The van der Waals surface area contributed by atoms with Gasteiger partial charge in [-0.1, -0.05) is 37.6 Å². The van der Waals surface area contributed by atoms with Crippen LogP contribution in [0.1, 0.15) is 48.6 Å². The molecule has 0 bridgehead atoms. The van der Waals surface area contributed by atoms with E-state index in [0.717, 1.165) is 39.0 Å². The molecule has 1 aliphatic carbocycles. The molecule has 3 nitrogen and oxygen atoms in total. The van der Waals surface area contributed by atoms with E-state index in [1.54, 1.807) is 29.4 Å². The lowest BCUT2D eigenvalue weighted by atomic mass is 9.99. The second-order valence-electron chi connectivity index (χ2n) is 7.52. The molecule has 0 saturated heterocycles. The van der Waals surface area contributed by atoms with E-state index >= 15 is 0 Å². The van der Waals surface area contributed by atoms with Gasteiger partial charge in [0.05, 0.1) is 10.2 Å². The monoisotopic (exact) mass is 425 g/mol. The first-order chi connectivity index (χ1) is 13.6. The Labute approximate surface area is 177 Å². The van der Waals surface area contributed by atoms with Gasteiger partial charge in [0.2, 0.25) is 0 Å². The summed E-state index contributed by atoms with van der Waals surface area (Å²) in [7, 11) is 0. The van der Waals surface area contributed by atoms with Crippen molar-refractivity contribution in [1.82, 2.24) is 15.0 Å². The van der Waals surface area contributed by atoms with Crippen LogP contribution in [0.15, 0.2) is 35.6 Å². The van der Waals surface area contributed by atoms with Crippen LogP contribution in [0.25, 0.3) is 20.4 Å². The molecule has 3 heterocycles. The highest BCUT2D eigenvalue weighted by atomic mass is 35.5. The van der Waals surface area contributed by atoms with Crippen LogP contribution in [0.2, 0.25) is 5.02 Å². The highest BCUT2D eigenvalue weighted by Crippen LogP contribution is 2.43. The Kier molecular flexibility index (Phi) is 4.77. The number of hydrogen-bond acceptors (Lipinski definition) is 5.